The summed E-state index contributed by atoms with van der Waals surface area (Å²) in [4.78, 5) is 23.5. The normalized spacial score (nSPS) is 10.2. The van der Waals surface area contributed by atoms with E-state index < -0.39 is 5.97 Å². The third kappa shape index (κ3) is 5.30. The SMILES string of the molecule is COC(=O)c1cc(NC(=O)CSCc2ccccc2)ccc1Cl. The molecule has 120 valence electrons. The minimum Gasteiger partial charge on any atom is -0.465 e. The Balaban J connectivity index is 1.89. The van der Waals surface area contributed by atoms with Gasteiger partial charge in [-0.3, -0.25) is 4.79 Å². The van der Waals surface area contributed by atoms with Crippen LogP contribution in [0.2, 0.25) is 5.02 Å². The zero-order chi connectivity index (χ0) is 16.7. The molecule has 6 heteroatoms. The number of methoxy groups -OCH3 is 1. The molecule has 0 aliphatic rings. The number of carbonyl (C=O) groups is 2. The number of carbonyl (C=O) groups excluding carboxylic acids is 2. The van der Waals surface area contributed by atoms with Crippen LogP contribution in [0.15, 0.2) is 48.5 Å². The van der Waals surface area contributed by atoms with Crippen LogP contribution in [0, 0.1) is 0 Å². The summed E-state index contributed by atoms with van der Waals surface area (Å²) in [6.45, 7) is 0. The molecule has 0 spiro atoms. The topological polar surface area (TPSA) is 55.4 Å². The standard InChI is InChI=1S/C17H16ClNO3S/c1-22-17(21)14-9-13(7-8-15(14)18)19-16(20)11-23-10-12-5-3-2-4-6-12/h2-9H,10-11H2,1H3,(H,19,20). The van der Waals surface area contributed by atoms with E-state index in [-0.39, 0.29) is 16.5 Å². The summed E-state index contributed by atoms with van der Waals surface area (Å²) >= 11 is 7.46. The number of halogens is 1. The lowest BCUT2D eigenvalue weighted by Crippen LogP contribution is -2.15. The summed E-state index contributed by atoms with van der Waals surface area (Å²) in [5, 5.41) is 3.03. The first-order valence-corrected chi connectivity index (χ1v) is 8.43. The number of benzene rings is 2. The Morgan fingerprint density at radius 3 is 2.61 bits per heavy atom. The largest absolute Gasteiger partial charge is 0.465 e. The van der Waals surface area contributed by atoms with Gasteiger partial charge in [0.15, 0.2) is 0 Å². The number of thioether (sulfide) groups is 1. The lowest BCUT2D eigenvalue weighted by atomic mass is 10.2. The van der Waals surface area contributed by atoms with Crippen LogP contribution < -0.4 is 5.32 Å². The van der Waals surface area contributed by atoms with E-state index in [1.165, 1.54) is 30.5 Å². The molecule has 0 fully saturated rings. The maximum atomic E-state index is 12.0. The zero-order valence-corrected chi connectivity index (χ0v) is 14.1. The van der Waals surface area contributed by atoms with E-state index in [9.17, 15) is 9.59 Å². The smallest absolute Gasteiger partial charge is 0.339 e. The van der Waals surface area contributed by atoms with Gasteiger partial charge in [-0.15, -0.1) is 11.8 Å². The minimum absolute atomic E-state index is 0.135. The molecule has 0 aliphatic heterocycles. The molecular formula is C17H16ClNO3S. The monoisotopic (exact) mass is 349 g/mol. The summed E-state index contributed by atoms with van der Waals surface area (Å²) < 4.78 is 4.65. The van der Waals surface area contributed by atoms with E-state index in [1.54, 1.807) is 12.1 Å². The Bertz CT molecular complexity index is 691. The van der Waals surface area contributed by atoms with Crippen molar-refractivity contribution in [1.29, 1.82) is 0 Å². The van der Waals surface area contributed by atoms with Crippen LogP contribution in [0.3, 0.4) is 0 Å². The van der Waals surface area contributed by atoms with E-state index in [0.717, 1.165) is 5.75 Å². The van der Waals surface area contributed by atoms with Gasteiger partial charge in [-0.05, 0) is 23.8 Å². The van der Waals surface area contributed by atoms with Crippen molar-refractivity contribution in [2.45, 2.75) is 5.75 Å². The van der Waals surface area contributed by atoms with Crippen molar-refractivity contribution in [2.75, 3.05) is 18.2 Å². The van der Waals surface area contributed by atoms with Crippen molar-refractivity contribution in [3.05, 3.63) is 64.7 Å². The van der Waals surface area contributed by atoms with E-state index in [0.29, 0.717) is 11.4 Å². The van der Waals surface area contributed by atoms with Crippen molar-refractivity contribution in [1.82, 2.24) is 0 Å². The van der Waals surface area contributed by atoms with Gasteiger partial charge in [0.1, 0.15) is 0 Å². The Labute approximate surface area is 144 Å². The van der Waals surface area contributed by atoms with Crippen LogP contribution in [-0.2, 0) is 15.3 Å². The predicted molar refractivity (Wildman–Crippen MR) is 94.0 cm³/mol. The molecular weight excluding hydrogens is 334 g/mol. The van der Waals surface area contributed by atoms with Gasteiger partial charge in [-0.1, -0.05) is 41.9 Å². The highest BCUT2D eigenvalue weighted by molar-refractivity contribution is 7.99. The molecule has 2 aromatic carbocycles. The molecule has 0 atom stereocenters. The fourth-order valence-electron chi connectivity index (χ4n) is 1.90. The van der Waals surface area contributed by atoms with Crippen LogP contribution >= 0.6 is 23.4 Å². The number of esters is 1. The maximum absolute atomic E-state index is 12.0. The van der Waals surface area contributed by atoms with Crippen molar-refractivity contribution < 1.29 is 14.3 Å². The Morgan fingerprint density at radius 2 is 1.91 bits per heavy atom. The molecule has 2 aromatic rings. The first-order valence-electron chi connectivity index (χ1n) is 6.89. The molecule has 0 saturated carbocycles. The quantitative estimate of drug-likeness (QED) is 0.801. The molecule has 0 bridgehead atoms. The van der Waals surface area contributed by atoms with Gasteiger partial charge >= 0.3 is 5.97 Å². The number of hydrogen-bond donors (Lipinski definition) is 1. The molecule has 0 radical (unpaired) electrons. The number of anilines is 1. The first-order chi connectivity index (χ1) is 11.1. The number of hydrogen-bond acceptors (Lipinski definition) is 4. The molecule has 23 heavy (non-hydrogen) atoms. The second kappa shape index (κ2) is 8.60. The van der Waals surface area contributed by atoms with Crippen LogP contribution in [0.4, 0.5) is 5.69 Å². The molecule has 0 unspecified atom stereocenters. The molecule has 2 rings (SSSR count). The Hall–Kier alpha value is -1.98. The van der Waals surface area contributed by atoms with Crippen molar-refractivity contribution in [3.63, 3.8) is 0 Å². The summed E-state index contributed by atoms with van der Waals surface area (Å²) in [6, 6.07) is 14.7. The fraction of sp³-hybridized carbons (Fsp3) is 0.176. The summed E-state index contributed by atoms with van der Waals surface area (Å²) in [7, 11) is 1.28. The van der Waals surface area contributed by atoms with Gasteiger partial charge in [0.25, 0.3) is 0 Å². The van der Waals surface area contributed by atoms with Gasteiger partial charge in [-0.2, -0.15) is 0 Å². The Kier molecular flexibility index (Phi) is 6.50. The number of nitrogens with one attached hydrogen (secondary N) is 1. The van der Waals surface area contributed by atoms with E-state index in [1.807, 2.05) is 30.3 Å². The summed E-state index contributed by atoms with van der Waals surface area (Å²) in [5.74, 6) is 0.418. The zero-order valence-electron chi connectivity index (χ0n) is 12.5. The van der Waals surface area contributed by atoms with Crippen molar-refractivity contribution >= 4 is 40.9 Å². The predicted octanol–water partition coefficient (Wildman–Crippen LogP) is 4.00. The minimum atomic E-state index is -0.537. The highest BCUT2D eigenvalue weighted by atomic mass is 35.5. The van der Waals surface area contributed by atoms with Gasteiger partial charge < -0.3 is 10.1 Å². The van der Waals surface area contributed by atoms with Gasteiger partial charge in [-0.25, -0.2) is 4.79 Å². The van der Waals surface area contributed by atoms with Crippen LogP contribution in [0.5, 0.6) is 0 Å². The molecule has 0 aromatic heterocycles. The van der Waals surface area contributed by atoms with Gasteiger partial charge in [0, 0.05) is 11.4 Å². The van der Waals surface area contributed by atoms with Gasteiger partial charge in [0.05, 0.1) is 23.4 Å². The average Bonchev–Trinajstić information content (AvgIpc) is 2.57. The average molecular weight is 350 g/mol. The molecule has 0 heterocycles. The molecule has 1 amide bonds. The molecule has 1 N–H and O–H groups in total. The lowest BCUT2D eigenvalue weighted by Gasteiger charge is -2.08. The van der Waals surface area contributed by atoms with Crippen LogP contribution in [0.25, 0.3) is 0 Å². The van der Waals surface area contributed by atoms with E-state index in [2.05, 4.69) is 10.1 Å². The third-order valence-corrected chi connectivity index (χ3v) is 4.33. The molecule has 4 nitrogen and oxygen atoms in total. The third-order valence-electron chi connectivity index (χ3n) is 3.00. The van der Waals surface area contributed by atoms with E-state index >= 15 is 0 Å². The lowest BCUT2D eigenvalue weighted by molar-refractivity contribution is -0.113. The highest BCUT2D eigenvalue weighted by Crippen LogP contribution is 2.21. The van der Waals surface area contributed by atoms with Gasteiger partial charge in [0.2, 0.25) is 5.91 Å². The second-order valence-electron chi connectivity index (χ2n) is 4.71. The van der Waals surface area contributed by atoms with Crippen molar-refractivity contribution in [3.8, 4) is 0 Å². The highest BCUT2D eigenvalue weighted by Gasteiger charge is 2.12. The maximum Gasteiger partial charge on any atom is 0.339 e. The number of ether oxygens (including phenoxy) is 1. The fourth-order valence-corrected chi connectivity index (χ4v) is 2.88. The summed E-state index contributed by atoms with van der Waals surface area (Å²) in [5.41, 5.74) is 1.91. The second-order valence-corrected chi connectivity index (χ2v) is 6.11. The molecule has 0 aliphatic carbocycles. The number of rotatable bonds is 6. The Morgan fingerprint density at radius 1 is 1.17 bits per heavy atom. The van der Waals surface area contributed by atoms with Crippen molar-refractivity contribution in [2.24, 2.45) is 0 Å². The summed E-state index contributed by atoms with van der Waals surface area (Å²) in [6.07, 6.45) is 0. The van der Waals surface area contributed by atoms with Crippen LogP contribution in [0.1, 0.15) is 15.9 Å². The first kappa shape index (κ1) is 17.4. The van der Waals surface area contributed by atoms with Crippen LogP contribution in [-0.4, -0.2) is 24.7 Å². The molecule has 0 saturated heterocycles. The number of amides is 1. The van der Waals surface area contributed by atoms with E-state index in [4.69, 9.17) is 11.6 Å².